The molecule has 3 nitrogen and oxygen atoms in total. The number of hydrogen-bond donors (Lipinski definition) is 1. The minimum Gasteiger partial charge on any atom is -0.364 e. The van der Waals surface area contributed by atoms with Crippen molar-refractivity contribution in [3.8, 4) is 0 Å². The van der Waals surface area contributed by atoms with Gasteiger partial charge in [-0.15, -0.1) is 0 Å². The molecule has 2 atom stereocenters. The summed E-state index contributed by atoms with van der Waals surface area (Å²) in [6.07, 6.45) is 5.18. The van der Waals surface area contributed by atoms with E-state index in [1.165, 1.54) is 5.57 Å². The van der Waals surface area contributed by atoms with Gasteiger partial charge in [0.25, 0.3) is 0 Å². The molecule has 0 spiro atoms. The molecule has 18 heavy (non-hydrogen) atoms. The zero-order chi connectivity index (χ0) is 13.3. The third-order valence-corrected chi connectivity index (χ3v) is 4.01. The van der Waals surface area contributed by atoms with Gasteiger partial charge in [-0.1, -0.05) is 32.4 Å². The summed E-state index contributed by atoms with van der Waals surface area (Å²) in [4.78, 5) is 10.9. The lowest BCUT2D eigenvalue weighted by Gasteiger charge is -2.21. The molecule has 1 N–H and O–H groups in total. The van der Waals surface area contributed by atoms with Gasteiger partial charge in [0.1, 0.15) is 6.29 Å². The van der Waals surface area contributed by atoms with Gasteiger partial charge in [0.15, 0.2) is 6.29 Å². The summed E-state index contributed by atoms with van der Waals surface area (Å²) in [6, 6.07) is 0. The summed E-state index contributed by atoms with van der Waals surface area (Å²) >= 11 is 0. The van der Waals surface area contributed by atoms with Gasteiger partial charge >= 0.3 is 0 Å². The Morgan fingerprint density at radius 2 is 2.33 bits per heavy atom. The first-order chi connectivity index (χ1) is 8.43. The number of hydrogen-bond acceptors (Lipinski definition) is 3. The maximum atomic E-state index is 10.9. The Bertz CT molecular complexity index is 404. The van der Waals surface area contributed by atoms with E-state index in [1.54, 1.807) is 0 Å². The van der Waals surface area contributed by atoms with Crippen molar-refractivity contribution in [2.24, 2.45) is 11.3 Å². The molecule has 1 heterocycles. The quantitative estimate of drug-likeness (QED) is 0.616. The third-order valence-electron chi connectivity index (χ3n) is 4.01. The highest BCUT2D eigenvalue weighted by atomic mass is 16.6. The molecule has 0 amide bonds. The summed E-state index contributed by atoms with van der Waals surface area (Å²) in [5, 5.41) is 9.73. The molecule has 100 valence electrons. The molecule has 0 fully saturated rings. The first-order valence-electron chi connectivity index (χ1n) is 6.58. The van der Waals surface area contributed by atoms with E-state index in [-0.39, 0.29) is 6.61 Å². The maximum Gasteiger partial charge on any atom is 0.178 e. The molecule has 0 radical (unpaired) electrons. The predicted molar refractivity (Wildman–Crippen MR) is 69.9 cm³/mol. The molecule has 2 unspecified atom stereocenters. The van der Waals surface area contributed by atoms with Gasteiger partial charge in [-0.25, -0.2) is 0 Å². The van der Waals surface area contributed by atoms with Crippen molar-refractivity contribution in [3.63, 3.8) is 0 Å². The van der Waals surface area contributed by atoms with Gasteiger partial charge < -0.3 is 9.84 Å². The standard InChI is InChI=1S/C15H22O3/c1-10(11-4-5-15(2,3)7-11)6-13-12(8-16)9-18-14(13)17/h4,8,10,14,17H,5-7,9H2,1-3H3. The monoisotopic (exact) mass is 250 g/mol. The van der Waals surface area contributed by atoms with Crippen molar-refractivity contribution in [1.82, 2.24) is 0 Å². The summed E-state index contributed by atoms with van der Waals surface area (Å²) in [7, 11) is 0. The second kappa shape index (κ2) is 4.98. The van der Waals surface area contributed by atoms with Gasteiger partial charge in [0, 0.05) is 5.57 Å². The second-order valence-electron chi connectivity index (χ2n) is 6.26. The minimum atomic E-state index is -0.886. The molecule has 2 rings (SSSR count). The van der Waals surface area contributed by atoms with Gasteiger partial charge in [-0.3, -0.25) is 4.79 Å². The Balaban J connectivity index is 2.04. The molecule has 1 aliphatic carbocycles. The average Bonchev–Trinajstić information content (AvgIpc) is 2.83. The van der Waals surface area contributed by atoms with Crippen molar-refractivity contribution < 1.29 is 14.6 Å². The third kappa shape index (κ3) is 2.73. The van der Waals surface area contributed by atoms with E-state index < -0.39 is 6.29 Å². The number of carbonyl (C=O) groups excluding carboxylic acids is 1. The normalized spacial score (nSPS) is 28.4. The number of aliphatic hydroxyl groups is 1. The molecule has 0 aromatic rings. The van der Waals surface area contributed by atoms with Crippen LogP contribution in [0.25, 0.3) is 0 Å². The topological polar surface area (TPSA) is 46.5 Å². The Morgan fingerprint density at radius 3 is 2.89 bits per heavy atom. The van der Waals surface area contributed by atoms with Crippen LogP contribution in [-0.4, -0.2) is 24.3 Å². The lowest BCUT2D eigenvalue weighted by molar-refractivity contribution is -0.105. The average molecular weight is 250 g/mol. The summed E-state index contributed by atoms with van der Waals surface area (Å²) in [5.41, 5.74) is 3.18. The fourth-order valence-electron chi connectivity index (χ4n) is 2.80. The largest absolute Gasteiger partial charge is 0.364 e. The number of aliphatic hydroxyl groups excluding tert-OH is 1. The number of rotatable bonds is 4. The number of allylic oxidation sites excluding steroid dienone is 2. The van der Waals surface area contributed by atoms with E-state index >= 15 is 0 Å². The molecule has 3 heteroatoms. The molecular formula is C15H22O3. The SMILES string of the molecule is CC(CC1=C(C=O)COC1O)C1=CCC(C)(C)C1. The van der Waals surface area contributed by atoms with Crippen LogP contribution >= 0.6 is 0 Å². The van der Waals surface area contributed by atoms with Gasteiger partial charge in [-0.2, -0.15) is 0 Å². The predicted octanol–water partition coefficient (Wildman–Crippen LogP) is 2.60. The van der Waals surface area contributed by atoms with Crippen molar-refractivity contribution in [1.29, 1.82) is 0 Å². The van der Waals surface area contributed by atoms with E-state index in [0.29, 0.717) is 16.9 Å². The fourth-order valence-corrected chi connectivity index (χ4v) is 2.80. The van der Waals surface area contributed by atoms with Gasteiger partial charge in [0.05, 0.1) is 6.61 Å². The highest BCUT2D eigenvalue weighted by Crippen LogP contribution is 2.41. The lowest BCUT2D eigenvalue weighted by atomic mass is 9.85. The maximum absolute atomic E-state index is 10.9. The zero-order valence-corrected chi connectivity index (χ0v) is 11.4. The van der Waals surface area contributed by atoms with Crippen LogP contribution in [0.1, 0.15) is 40.0 Å². The minimum absolute atomic E-state index is 0.247. The van der Waals surface area contributed by atoms with Crippen LogP contribution in [0.15, 0.2) is 22.8 Å². The van der Waals surface area contributed by atoms with Crippen LogP contribution in [0.3, 0.4) is 0 Å². The number of carbonyl (C=O) groups is 1. The van der Waals surface area contributed by atoms with Crippen LogP contribution in [0.4, 0.5) is 0 Å². The summed E-state index contributed by atoms with van der Waals surface area (Å²) in [5.74, 6) is 0.369. The molecule has 0 bridgehead atoms. The Hall–Kier alpha value is -0.930. The van der Waals surface area contributed by atoms with Crippen molar-refractivity contribution in [2.45, 2.75) is 46.3 Å². The molecule has 1 aliphatic heterocycles. The first-order valence-corrected chi connectivity index (χ1v) is 6.58. The zero-order valence-electron chi connectivity index (χ0n) is 11.4. The molecular weight excluding hydrogens is 228 g/mol. The Kier molecular flexibility index (Phi) is 3.74. The smallest absolute Gasteiger partial charge is 0.178 e. The number of aldehydes is 1. The fraction of sp³-hybridized carbons (Fsp3) is 0.667. The Labute approximate surface area is 109 Å². The van der Waals surface area contributed by atoms with E-state index in [9.17, 15) is 9.90 Å². The second-order valence-corrected chi connectivity index (χ2v) is 6.26. The van der Waals surface area contributed by atoms with Crippen LogP contribution < -0.4 is 0 Å². The highest BCUT2D eigenvalue weighted by molar-refractivity contribution is 5.76. The highest BCUT2D eigenvalue weighted by Gasteiger charge is 2.30. The summed E-state index contributed by atoms with van der Waals surface area (Å²) < 4.78 is 5.10. The summed E-state index contributed by atoms with van der Waals surface area (Å²) in [6.45, 7) is 6.95. The molecule has 0 aromatic heterocycles. The van der Waals surface area contributed by atoms with Crippen LogP contribution in [0.2, 0.25) is 0 Å². The van der Waals surface area contributed by atoms with Crippen molar-refractivity contribution in [3.05, 3.63) is 22.8 Å². The van der Waals surface area contributed by atoms with E-state index in [4.69, 9.17) is 4.74 Å². The molecule has 2 aliphatic rings. The Morgan fingerprint density at radius 1 is 1.61 bits per heavy atom. The lowest BCUT2D eigenvalue weighted by Crippen LogP contribution is -2.13. The molecule has 0 saturated heterocycles. The number of ether oxygens (including phenoxy) is 1. The van der Waals surface area contributed by atoms with Crippen LogP contribution in [0.5, 0.6) is 0 Å². The van der Waals surface area contributed by atoms with Crippen LogP contribution in [-0.2, 0) is 9.53 Å². The van der Waals surface area contributed by atoms with E-state index in [0.717, 1.165) is 31.1 Å². The van der Waals surface area contributed by atoms with Gasteiger partial charge in [0.2, 0.25) is 0 Å². The molecule has 0 aromatic carbocycles. The van der Waals surface area contributed by atoms with Crippen molar-refractivity contribution in [2.75, 3.05) is 6.61 Å². The first kappa shape index (κ1) is 13.5. The van der Waals surface area contributed by atoms with E-state index in [2.05, 4.69) is 26.8 Å². The van der Waals surface area contributed by atoms with Crippen LogP contribution in [0, 0.1) is 11.3 Å². The molecule has 0 saturated carbocycles. The van der Waals surface area contributed by atoms with E-state index in [1.807, 2.05) is 0 Å². The van der Waals surface area contributed by atoms with Gasteiger partial charge in [-0.05, 0) is 36.2 Å². The van der Waals surface area contributed by atoms with Crippen molar-refractivity contribution >= 4 is 6.29 Å².